The molecule has 0 aromatic heterocycles. The quantitative estimate of drug-likeness (QED) is 0.518. The number of hydrogen-bond donors (Lipinski definition) is 0. The summed E-state index contributed by atoms with van der Waals surface area (Å²) in [6.07, 6.45) is 11.3. The molecule has 122 valence electrons. The van der Waals surface area contributed by atoms with Crippen LogP contribution in [0.25, 0.3) is 0 Å². The van der Waals surface area contributed by atoms with Crippen LogP contribution in [0.2, 0.25) is 0 Å². The number of hydrogen-bond acceptors (Lipinski definition) is 0. The van der Waals surface area contributed by atoms with Crippen LogP contribution in [0.4, 0.5) is 0 Å². The second-order valence-electron chi connectivity index (χ2n) is 5.71. The third-order valence-electron chi connectivity index (χ3n) is 3.84. The Labute approximate surface area is 138 Å². The molecule has 0 saturated carbocycles. The molecule has 1 aliphatic carbocycles. The van der Waals surface area contributed by atoms with E-state index in [1.54, 1.807) is 0 Å². The van der Waals surface area contributed by atoms with Crippen molar-refractivity contribution < 1.29 is 0 Å². The van der Waals surface area contributed by atoms with Crippen molar-refractivity contribution in [1.29, 1.82) is 0 Å². The molecule has 1 aromatic carbocycles. The van der Waals surface area contributed by atoms with Crippen LogP contribution in [-0.4, -0.2) is 0 Å². The molecule has 0 saturated heterocycles. The molecule has 0 N–H and O–H groups in total. The molecular weight excluding hydrogens is 264 g/mol. The molecule has 0 radical (unpaired) electrons. The van der Waals surface area contributed by atoms with Gasteiger partial charge in [-0.3, -0.25) is 0 Å². The molecule has 0 spiro atoms. The highest BCUT2D eigenvalue weighted by atomic mass is 14.1. The highest BCUT2D eigenvalue weighted by Crippen LogP contribution is 2.22. The highest BCUT2D eigenvalue weighted by Gasteiger charge is 2.06. The molecular formula is C22H34. The van der Waals surface area contributed by atoms with Crippen LogP contribution in [0, 0.1) is 19.8 Å². The molecule has 1 atom stereocenters. The van der Waals surface area contributed by atoms with Crippen LogP contribution in [0.15, 0.2) is 59.7 Å². The van der Waals surface area contributed by atoms with Crippen LogP contribution >= 0.6 is 0 Å². The van der Waals surface area contributed by atoms with E-state index < -0.39 is 0 Å². The second kappa shape index (κ2) is 12.0. The zero-order valence-electron chi connectivity index (χ0n) is 15.6. The molecule has 0 amide bonds. The maximum Gasteiger partial charge on any atom is -0.0160 e. The van der Waals surface area contributed by atoms with Gasteiger partial charge in [-0.1, -0.05) is 91.6 Å². The van der Waals surface area contributed by atoms with Gasteiger partial charge >= 0.3 is 0 Å². The van der Waals surface area contributed by atoms with Crippen LogP contribution in [0.5, 0.6) is 0 Å². The van der Waals surface area contributed by atoms with E-state index in [9.17, 15) is 0 Å². The summed E-state index contributed by atoms with van der Waals surface area (Å²) in [5, 5.41) is 0. The van der Waals surface area contributed by atoms with Crippen molar-refractivity contribution in [1.82, 2.24) is 0 Å². The normalized spacial score (nSPS) is 14.3. The summed E-state index contributed by atoms with van der Waals surface area (Å²) < 4.78 is 0. The molecule has 0 heteroatoms. The van der Waals surface area contributed by atoms with Crippen molar-refractivity contribution >= 4 is 0 Å². The maximum atomic E-state index is 2.32. The third kappa shape index (κ3) is 8.67. The first-order chi connectivity index (χ1) is 10.5. The van der Waals surface area contributed by atoms with E-state index in [0.717, 1.165) is 6.42 Å². The van der Waals surface area contributed by atoms with Crippen molar-refractivity contribution in [3.63, 3.8) is 0 Å². The number of benzene rings is 1. The van der Waals surface area contributed by atoms with Crippen LogP contribution in [0.3, 0.4) is 0 Å². The lowest BCUT2D eigenvalue weighted by Crippen LogP contribution is -1.96. The van der Waals surface area contributed by atoms with Crippen molar-refractivity contribution in [3.05, 3.63) is 70.8 Å². The Hall–Kier alpha value is -1.56. The van der Waals surface area contributed by atoms with Gasteiger partial charge in [-0.25, -0.2) is 0 Å². The molecule has 1 aromatic rings. The molecule has 0 heterocycles. The summed E-state index contributed by atoms with van der Waals surface area (Å²) in [6.45, 7) is 14.8. The molecule has 0 bridgehead atoms. The lowest BCUT2D eigenvalue weighted by molar-refractivity contribution is 0.679. The first-order valence-electron chi connectivity index (χ1n) is 8.54. The average molecular weight is 299 g/mol. The van der Waals surface area contributed by atoms with Crippen molar-refractivity contribution in [2.24, 2.45) is 5.92 Å². The first kappa shape index (κ1) is 20.4. The highest BCUT2D eigenvalue weighted by molar-refractivity contribution is 5.27. The minimum Gasteiger partial charge on any atom is -0.0885 e. The van der Waals surface area contributed by atoms with Gasteiger partial charge in [0.25, 0.3) is 0 Å². The van der Waals surface area contributed by atoms with Gasteiger partial charge in [0.1, 0.15) is 0 Å². The molecule has 0 nitrogen and oxygen atoms in total. The lowest BCUT2D eigenvalue weighted by Gasteiger charge is -2.11. The number of allylic oxidation sites excluding steroid dienone is 6. The summed E-state index contributed by atoms with van der Waals surface area (Å²) in [5.41, 5.74) is 5.66. The van der Waals surface area contributed by atoms with E-state index in [4.69, 9.17) is 0 Å². The van der Waals surface area contributed by atoms with Crippen molar-refractivity contribution in [2.45, 2.75) is 61.3 Å². The summed E-state index contributed by atoms with van der Waals surface area (Å²) in [7, 11) is 0. The molecule has 0 aliphatic heterocycles. The Morgan fingerprint density at radius 2 is 1.59 bits per heavy atom. The van der Waals surface area contributed by atoms with Gasteiger partial charge in [0.2, 0.25) is 0 Å². The largest absolute Gasteiger partial charge is 0.0885 e. The van der Waals surface area contributed by atoms with E-state index in [0.29, 0.717) is 5.92 Å². The predicted molar refractivity (Wildman–Crippen MR) is 102 cm³/mol. The second-order valence-corrected chi connectivity index (χ2v) is 5.71. The summed E-state index contributed by atoms with van der Waals surface area (Å²) in [6, 6.07) is 8.48. The van der Waals surface area contributed by atoms with Gasteiger partial charge in [-0.15, -0.1) is 0 Å². The maximum absolute atomic E-state index is 2.32. The Kier molecular flexibility index (Phi) is 11.2. The van der Waals surface area contributed by atoms with Crippen LogP contribution < -0.4 is 0 Å². The average Bonchev–Trinajstić information content (AvgIpc) is 3.05. The minimum absolute atomic E-state index is 0.698. The van der Waals surface area contributed by atoms with Crippen LogP contribution in [0.1, 0.15) is 58.6 Å². The fourth-order valence-electron chi connectivity index (χ4n) is 2.09. The smallest absolute Gasteiger partial charge is 0.0160 e. The molecule has 22 heavy (non-hydrogen) atoms. The standard InChI is InChI=1S/C12H18.C8H10.C2H6/c1-4-10(2)11(3)9-12-7-5-6-8-12;1-7-3-5-8(2)6-4-7;1-2/h4-5,7-8,11H,6,9H2,1-3H3;3-6H,1-2H3;1-2H3/b10-4-;;. The minimum atomic E-state index is 0.698. The van der Waals surface area contributed by atoms with Crippen molar-refractivity contribution in [3.8, 4) is 0 Å². The van der Waals surface area contributed by atoms with Gasteiger partial charge in [0.15, 0.2) is 0 Å². The van der Waals surface area contributed by atoms with Crippen molar-refractivity contribution in [2.75, 3.05) is 0 Å². The Balaban J connectivity index is 0.000000382. The lowest BCUT2D eigenvalue weighted by atomic mass is 9.95. The fourth-order valence-corrected chi connectivity index (χ4v) is 2.09. The van der Waals surface area contributed by atoms with E-state index in [1.165, 1.54) is 28.7 Å². The molecule has 0 fully saturated rings. The zero-order chi connectivity index (χ0) is 17.0. The van der Waals surface area contributed by atoms with E-state index in [1.807, 2.05) is 13.8 Å². The first-order valence-corrected chi connectivity index (χ1v) is 8.54. The Bertz CT molecular complexity index is 462. The van der Waals surface area contributed by atoms with E-state index in [-0.39, 0.29) is 0 Å². The SMILES string of the molecule is C/C=C(/C)C(C)CC1=CCC=C1.CC.Cc1ccc(C)cc1. The Morgan fingerprint density at radius 3 is 1.95 bits per heavy atom. The van der Waals surface area contributed by atoms with E-state index in [2.05, 4.69) is 83.2 Å². The zero-order valence-corrected chi connectivity index (χ0v) is 15.6. The van der Waals surface area contributed by atoms with Gasteiger partial charge in [-0.05, 0) is 46.5 Å². The van der Waals surface area contributed by atoms with E-state index >= 15 is 0 Å². The summed E-state index contributed by atoms with van der Waals surface area (Å²) >= 11 is 0. The molecule has 2 rings (SSSR count). The van der Waals surface area contributed by atoms with Gasteiger partial charge in [-0.2, -0.15) is 0 Å². The predicted octanol–water partition coefficient (Wildman–Crippen LogP) is 7.19. The Morgan fingerprint density at radius 1 is 1.09 bits per heavy atom. The summed E-state index contributed by atoms with van der Waals surface area (Å²) in [4.78, 5) is 0. The molecule has 1 aliphatic rings. The number of rotatable bonds is 3. The van der Waals surface area contributed by atoms with Gasteiger partial charge in [0, 0.05) is 0 Å². The topological polar surface area (TPSA) is 0 Å². The monoisotopic (exact) mass is 298 g/mol. The number of aryl methyl sites for hydroxylation is 2. The fraction of sp³-hybridized carbons (Fsp3) is 0.455. The molecule has 1 unspecified atom stereocenters. The van der Waals surface area contributed by atoms with Crippen LogP contribution in [-0.2, 0) is 0 Å². The summed E-state index contributed by atoms with van der Waals surface area (Å²) in [5.74, 6) is 0.698. The van der Waals surface area contributed by atoms with Gasteiger partial charge in [0.05, 0.1) is 0 Å². The van der Waals surface area contributed by atoms with Gasteiger partial charge < -0.3 is 0 Å². The third-order valence-corrected chi connectivity index (χ3v) is 3.84.